The van der Waals surface area contributed by atoms with E-state index < -0.39 is 5.97 Å². The molecule has 3 nitrogen and oxygen atoms in total. The van der Waals surface area contributed by atoms with Gasteiger partial charge in [0.1, 0.15) is 12.4 Å². The van der Waals surface area contributed by atoms with Crippen LogP contribution in [0.2, 0.25) is 0 Å². The number of hydrogen-bond acceptors (Lipinski definition) is 2. The third-order valence-electron chi connectivity index (χ3n) is 3.35. The molecule has 0 atom stereocenters. The Bertz CT molecular complexity index is 518. The monoisotopic (exact) mass is 324 g/mol. The molecule has 1 aromatic rings. The fourth-order valence-corrected chi connectivity index (χ4v) is 3.01. The molecule has 102 valence electrons. The number of carboxylic acids is 1. The van der Waals surface area contributed by atoms with Gasteiger partial charge in [0.15, 0.2) is 0 Å². The summed E-state index contributed by atoms with van der Waals surface area (Å²) in [7, 11) is 0. The van der Waals surface area contributed by atoms with Gasteiger partial charge in [-0.3, -0.25) is 4.79 Å². The third kappa shape index (κ3) is 3.18. The Morgan fingerprint density at radius 3 is 2.74 bits per heavy atom. The number of benzene rings is 1. The lowest BCUT2D eigenvalue weighted by Gasteiger charge is -2.17. The van der Waals surface area contributed by atoms with E-state index in [1.807, 2.05) is 25.1 Å². The highest BCUT2D eigenvalue weighted by atomic mass is 79.9. The third-order valence-corrected chi connectivity index (χ3v) is 4.17. The van der Waals surface area contributed by atoms with E-state index in [4.69, 9.17) is 9.84 Å². The largest absolute Gasteiger partial charge is 0.488 e. The van der Waals surface area contributed by atoms with Crippen molar-refractivity contribution < 1.29 is 14.6 Å². The Balaban J connectivity index is 2.25. The fourth-order valence-electron chi connectivity index (χ4n) is 2.21. The van der Waals surface area contributed by atoms with Crippen LogP contribution in [-0.4, -0.2) is 17.7 Å². The molecule has 0 saturated heterocycles. The van der Waals surface area contributed by atoms with Crippen molar-refractivity contribution in [1.29, 1.82) is 0 Å². The first-order chi connectivity index (χ1) is 8.94. The van der Waals surface area contributed by atoms with E-state index >= 15 is 0 Å². The number of ether oxygens (including phenoxy) is 1. The second kappa shape index (κ2) is 5.37. The summed E-state index contributed by atoms with van der Waals surface area (Å²) >= 11 is 3.55. The molecule has 1 fully saturated rings. The van der Waals surface area contributed by atoms with Crippen molar-refractivity contribution >= 4 is 21.9 Å². The van der Waals surface area contributed by atoms with Gasteiger partial charge in [0.05, 0.1) is 10.9 Å². The van der Waals surface area contributed by atoms with Gasteiger partial charge >= 0.3 is 5.97 Å². The Labute approximate surface area is 121 Å². The summed E-state index contributed by atoms with van der Waals surface area (Å²) in [5, 5.41) is 9.03. The minimum absolute atomic E-state index is 0.176. The molecule has 1 N–H and O–H groups in total. The maximum atomic E-state index is 11.0. The summed E-state index contributed by atoms with van der Waals surface area (Å²) in [6, 6.07) is 5.77. The smallest absolute Gasteiger partial charge is 0.304 e. The van der Waals surface area contributed by atoms with Crippen molar-refractivity contribution in [3.63, 3.8) is 0 Å². The van der Waals surface area contributed by atoms with Crippen molar-refractivity contribution in [3.05, 3.63) is 40.4 Å². The van der Waals surface area contributed by atoms with Crippen molar-refractivity contribution in [1.82, 2.24) is 0 Å². The van der Waals surface area contributed by atoms with Crippen LogP contribution in [0.5, 0.6) is 5.75 Å². The second-order valence-corrected chi connectivity index (χ2v) is 6.01. The summed E-state index contributed by atoms with van der Waals surface area (Å²) in [6.45, 7) is 6.18. The van der Waals surface area contributed by atoms with E-state index in [-0.39, 0.29) is 11.8 Å². The minimum Gasteiger partial charge on any atom is -0.488 e. The van der Waals surface area contributed by atoms with Gasteiger partial charge in [-0.2, -0.15) is 0 Å². The maximum Gasteiger partial charge on any atom is 0.304 e. The normalized spacial score (nSPS) is 15.9. The highest BCUT2D eigenvalue weighted by Crippen LogP contribution is 2.54. The molecule has 0 unspecified atom stereocenters. The van der Waals surface area contributed by atoms with Gasteiger partial charge in [-0.05, 0) is 52.9 Å². The van der Waals surface area contributed by atoms with E-state index in [9.17, 15) is 4.79 Å². The zero-order valence-electron chi connectivity index (χ0n) is 10.9. The van der Waals surface area contributed by atoms with Crippen LogP contribution < -0.4 is 4.74 Å². The average molecular weight is 325 g/mol. The molecule has 19 heavy (non-hydrogen) atoms. The first-order valence-electron chi connectivity index (χ1n) is 6.22. The maximum absolute atomic E-state index is 11.0. The molecular formula is C15H17BrO3. The van der Waals surface area contributed by atoms with E-state index in [0.717, 1.165) is 34.2 Å². The van der Waals surface area contributed by atoms with Gasteiger partial charge in [0.2, 0.25) is 0 Å². The molecule has 2 rings (SSSR count). The Morgan fingerprint density at radius 2 is 2.21 bits per heavy atom. The standard InChI is InChI=1S/C15H17BrO3/c1-10(2)9-19-12-5-3-4-11(14(12)16)15(6-7-15)8-13(17)18/h3-5H,1,6-9H2,2H3,(H,17,18). The van der Waals surface area contributed by atoms with Crippen LogP contribution in [0.25, 0.3) is 0 Å². The van der Waals surface area contributed by atoms with Gasteiger partial charge < -0.3 is 9.84 Å². The van der Waals surface area contributed by atoms with Crippen LogP contribution in [0.4, 0.5) is 0 Å². The highest BCUT2D eigenvalue weighted by Gasteiger charge is 2.47. The first kappa shape index (κ1) is 14.1. The molecular weight excluding hydrogens is 308 g/mol. The molecule has 0 spiro atoms. The number of carbonyl (C=O) groups is 1. The van der Waals surface area contributed by atoms with E-state index in [0.29, 0.717) is 6.61 Å². The van der Waals surface area contributed by atoms with Gasteiger partial charge in [0.25, 0.3) is 0 Å². The van der Waals surface area contributed by atoms with Gasteiger partial charge in [-0.1, -0.05) is 18.7 Å². The predicted molar refractivity (Wildman–Crippen MR) is 77.6 cm³/mol. The van der Waals surface area contributed by atoms with Crippen molar-refractivity contribution in [2.45, 2.75) is 31.6 Å². The van der Waals surface area contributed by atoms with Crippen LogP contribution in [0, 0.1) is 0 Å². The summed E-state index contributed by atoms with van der Waals surface area (Å²) in [5.41, 5.74) is 1.77. The van der Waals surface area contributed by atoms with Crippen LogP contribution in [-0.2, 0) is 10.2 Å². The van der Waals surface area contributed by atoms with Crippen LogP contribution in [0.15, 0.2) is 34.8 Å². The van der Waals surface area contributed by atoms with Gasteiger partial charge in [-0.15, -0.1) is 0 Å². The Hall–Kier alpha value is -1.29. The Kier molecular flexibility index (Phi) is 3.99. The van der Waals surface area contributed by atoms with Gasteiger partial charge in [0, 0.05) is 5.41 Å². The summed E-state index contributed by atoms with van der Waals surface area (Å²) in [4.78, 5) is 11.0. The number of hydrogen-bond donors (Lipinski definition) is 1. The molecule has 0 aliphatic heterocycles. The lowest BCUT2D eigenvalue weighted by atomic mass is 9.92. The summed E-state index contributed by atoms with van der Waals surface area (Å²) in [5.74, 6) is -0.00480. The molecule has 1 aliphatic rings. The van der Waals surface area contributed by atoms with Gasteiger partial charge in [-0.25, -0.2) is 0 Å². The summed E-state index contributed by atoms with van der Waals surface area (Å²) < 4.78 is 6.54. The zero-order chi connectivity index (χ0) is 14.0. The van der Waals surface area contributed by atoms with Crippen molar-refractivity contribution in [3.8, 4) is 5.75 Å². The lowest BCUT2D eigenvalue weighted by Crippen LogP contribution is -2.14. The fraction of sp³-hybridized carbons (Fsp3) is 0.400. The number of aliphatic carboxylic acids is 1. The lowest BCUT2D eigenvalue weighted by molar-refractivity contribution is -0.137. The molecule has 0 bridgehead atoms. The highest BCUT2D eigenvalue weighted by molar-refractivity contribution is 9.10. The van der Waals surface area contributed by atoms with Crippen molar-refractivity contribution in [2.24, 2.45) is 0 Å². The topological polar surface area (TPSA) is 46.5 Å². The van der Waals surface area contributed by atoms with Crippen LogP contribution >= 0.6 is 15.9 Å². The minimum atomic E-state index is -0.752. The second-order valence-electron chi connectivity index (χ2n) is 5.21. The van der Waals surface area contributed by atoms with Crippen LogP contribution in [0.1, 0.15) is 31.7 Å². The summed E-state index contributed by atoms with van der Waals surface area (Å²) in [6.07, 6.45) is 2.01. The SMILES string of the molecule is C=C(C)COc1cccc(C2(CC(=O)O)CC2)c1Br. The molecule has 0 amide bonds. The molecule has 0 radical (unpaired) electrons. The molecule has 4 heteroatoms. The number of carboxylic acid groups (broad SMARTS) is 1. The molecule has 1 aromatic carbocycles. The Morgan fingerprint density at radius 1 is 1.53 bits per heavy atom. The van der Waals surface area contributed by atoms with E-state index in [1.165, 1.54) is 0 Å². The van der Waals surface area contributed by atoms with Crippen LogP contribution in [0.3, 0.4) is 0 Å². The number of rotatable bonds is 6. The molecule has 0 aromatic heterocycles. The first-order valence-corrected chi connectivity index (χ1v) is 7.02. The average Bonchev–Trinajstić information content (AvgIpc) is 3.07. The zero-order valence-corrected chi connectivity index (χ0v) is 12.5. The molecule has 1 aliphatic carbocycles. The van der Waals surface area contributed by atoms with E-state index in [1.54, 1.807) is 0 Å². The predicted octanol–water partition coefficient (Wildman–Crippen LogP) is 3.91. The number of halogens is 1. The van der Waals surface area contributed by atoms with E-state index in [2.05, 4.69) is 22.5 Å². The quantitative estimate of drug-likeness (QED) is 0.807. The molecule has 0 heterocycles. The van der Waals surface area contributed by atoms with Crippen molar-refractivity contribution in [2.75, 3.05) is 6.61 Å². The molecule has 1 saturated carbocycles.